The molecule has 2 aliphatic rings. The van der Waals surface area contributed by atoms with E-state index >= 15 is 0 Å². The van der Waals surface area contributed by atoms with Gasteiger partial charge in [-0.2, -0.15) is 0 Å². The number of aryl methyl sites for hydroxylation is 2. The minimum Gasteiger partial charge on any atom is -0.201 e. The molecule has 1 aromatic heterocycles. The van der Waals surface area contributed by atoms with Gasteiger partial charge in [0.1, 0.15) is 7.05 Å². The minimum atomic E-state index is 0.377. The van der Waals surface area contributed by atoms with E-state index in [4.69, 9.17) is 0 Å². The van der Waals surface area contributed by atoms with Crippen LogP contribution in [0, 0.1) is 12.3 Å². The average molecular weight is 391 g/mol. The van der Waals surface area contributed by atoms with E-state index in [1.807, 2.05) is 0 Å². The average Bonchev–Trinajstić information content (AvgIpc) is 2.69. The zero-order valence-corrected chi connectivity index (χ0v) is 19.4. The predicted molar refractivity (Wildman–Crippen MR) is 123 cm³/mol. The van der Waals surface area contributed by atoms with Crippen LogP contribution >= 0.6 is 0 Å². The highest BCUT2D eigenvalue weighted by atomic mass is 14.9. The predicted octanol–water partition coefficient (Wildman–Crippen LogP) is 7.39. The molecule has 156 valence electrons. The summed E-state index contributed by atoms with van der Waals surface area (Å²) in [6.45, 7) is 9.61. The van der Waals surface area contributed by atoms with Gasteiger partial charge in [-0.15, -0.1) is 0 Å². The Morgan fingerprint density at radius 3 is 2.17 bits per heavy atom. The standard InChI is InChI=1S/C28H40N/c1-21-19-24(28(4)15-7-6-8-16-28)10-11-25(21)26-12-9-23(20-29(26)5)22-13-17-27(2,3)18-14-22/h9-12,19-20,22H,6-8,13-18H2,1-5H3/q+1. The number of pyridine rings is 1. The Bertz CT molecular complexity index is 860. The topological polar surface area (TPSA) is 3.88 Å². The lowest BCUT2D eigenvalue weighted by Gasteiger charge is -2.34. The second-order valence-electron chi connectivity index (χ2n) is 11.0. The van der Waals surface area contributed by atoms with Crippen molar-refractivity contribution in [2.75, 3.05) is 0 Å². The Morgan fingerprint density at radius 2 is 1.55 bits per heavy atom. The fourth-order valence-electron chi connectivity index (χ4n) is 5.83. The number of aromatic nitrogens is 1. The molecule has 1 heterocycles. The molecule has 2 aromatic rings. The van der Waals surface area contributed by atoms with Crippen LogP contribution in [-0.4, -0.2) is 0 Å². The monoisotopic (exact) mass is 390 g/mol. The quantitative estimate of drug-likeness (QED) is 0.481. The van der Waals surface area contributed by atoms with Crippen LogP contribution in [0.3, 0.4) is 0 Å². The van der Waals surface area contributed by atoms with Crippen molar-refractivity contribution >= 4 is 0 Å². The van der Waals surface area contributed by atoms with Crippen LogP contribution in [-0.2, 0) is 12.5 Å². The molecule has 1 heteroatoms. The lowest BCUT2D eigenvalue weighted by atomic mass is 9.70. The summed E-state index contributed by atoms with van der Waals surface area (Å²) >= 11 is 0. The lowest BCUT2D eigenvalue weighted by Crippen LogP contribution is -2.32. The third kappa shape index (κ3) is 4.30. The van der Waals surface area contributed by atoms with E-state index in [2.05, 4.69) is 75.8 Å². The summed E-state index contributed by atoms with van der Waals surface area (Å²) in [5.41, 5.74) is 8.11. The van der Waals surface area contributed by atoms with Gasteiger partial charge in [0.25, 0.3) is 0 Å². The zero-order valence-electron chi connectivity index (χ0n) is 19.4. The molecule has 0 radical (unpaired) electrons. The Morgan fingerprint density at radius 1 is 0.862 bits per heavy atom. The van der Waals surface area contributed by atoms with Gasteiger partial charge in [0, 0.05) is 17.2 Å². The first-order valence-corrected chi connectivity index (χ1v) is 11.9. The van der Waals surface area contributed by atoms with Crippen molar-refractivity contribution in [2.45, 2.75) is 96.8 Å². The summed E-state index contributed by atoms with van der Waals surface area (Å²) < 4.78 is 2.36. The van der Waals surface area contributed by atoms with Crippen molar-refractivity contribution in [1.82, 2.24) is 0 Å². The third-order valence-electron chi connectivity index (χ3n) is 8.12. The Hall–Kier alpha value is -1.63. The number of hydrogen-bond donors (Lipinski definition) is 0. The van der Waals surface area contributed by atoms with Crippen LogP contribution in [0.5, 0.6) is 0 Å². The highest BCUT2D eigenvalue weighted by Crippen LogP contribution is 2.43. The van der Waals surface area contributed by atoms with E-state index in [0.717, 1.165) is 5.92 Å². The van der Waals surface area contributed by atoms with Gasteiger partial charge in [-0.3, -0.25) is 0 Å². The van der Waals surface area contributed by atoms with E-state index in [-0.39, 0.29) is 0 Å². The first kappa shape index (κ1) is 20.6. The van der Waals surface area contributed by atoms with Crippen molar-refractivity contribution in [2.24, 2.45) is 12.5 Å². The first-order chi connectivity index (χ1) is 13.8. The molecule has 2 saturated carbocycles. The number of rotatable bonds is 3. The van der Waals surface area contributed by atoms with Crippen molar-refractivity contribution in [3.63, 3.8) is 0 Å². The van der Waals surface area contributed by atoms with Gasteiger partial charge >= 0.3 is 0 Å². The molecule has 0 N–H and O–H groups in total. The van der Waals surface area contributed by atoms with Gasteiger partial charge < -0.3 is 0 Å². The third-order valence-corrected chi connectivity index (χ3v) is 8.12. The molecule has 1 nitrogen and oxygen atoms in total. The molecule has 0 spiro atoms. The van der Waals surface area contributed by atoms with Crippen molar-refractivity contribution < 1.29 is 4.57 Å². The van der Waals surface area contributed by atoms with Crippen LogP contribution in [0.25, 0.3) is 11.3 Å². The first-order valence-electron chi connectivity index (χ1n) is 11.9. The normalized spacial score (nSPS) is 21.8. The number of hydrogen-bond acceptors (Lipinski definition) is 0. The van der Waals surface area contributed by atoms with Crippen LogP contribution < -0.4 is 4.57 Å². The van der Waals surface area contributed by atoms with Gasteiger partial charge in [-0.1, -0.05) is 52.2 Å². The second kappa shape index (κ2) is 7.89. The van der Waals surface area contributed by atoms with Gasteiger partial charge in [0.2, 0.25) is 5.69 Å². The van der Waals surface area contributed by atoms with Crippen LogP contribution in [0.1, 0.15) is 101 Å². The summed E-state index contributed by atoms with van der Waals surface area (Å²) in [6.07, 6.45) is 14.6. The maximum Gasteiger partial charge on any atom is 0.212 e. The van der Waals surface area contributed by atoms with E-state index in [9.17, 15) is 0 Å². The Balaban J connectivity index is 1.57. The molecule has 29 heavy (non-hydrogen) atoms. The molecular formula is C28H40N+. The van der Waals surface area contributed by atoms with Gasteiger partial charge in [-0.25, -0.2) is 4.57 Å². The molecule has 0 unspecified atom stereocenters. The summed E-state index contributed by atoms with van der Waals surface area (Å²) in [6, 6.07) is 12.0. The molecule has 4 rings (SSSR count). The van der Waals surface area contributed by atoms with E-state index in [0.29, 0.717) is 10.8 Å². The fraction of sp³-hybridized carbons (Fsp3) is 0.607. The molecule has 0 aliphatic heterocycles. The van der Waals surface area contributed by atoms with Gasteiger partial charge in [0.05, 0.1) is 0 Å². The highest BCUT2D eigenvalue weighted by Gasteiger charge is 2.30. The molecule has 0 atom stereocenters. The number of benzene rings is 1. The van der Waals surface area contributed by atoms with Crippen LogP contribution in [0.15, 0.2) is 36.5 Å². The summed E-state index contributed by atoms with van der Waals surface area (Å²) in [5.74, 6) is 0.734. The van der Waals surface area contributed by atoms with Crippen molar-refractivity contribution in [1.29, 1.82) is 0 Å². The maximum atomic E-state index is 2.47. The lowest BCUT2D eigenvalue weighted by molar-refractivity contribution is -0.660. The van der Waals surface area contributed by atoms with Gasteiger partial charge in [-0.05, 0) is 85.5 Å². The largest absolute Gasteiger partial charge is 0.212 e. The van der Waals surface area contributed by atoms with E-state index in [1.165, 1.54) is 80.2 Å². The molecule has 0 amide bonds. The van der Waals surface area contributed by atoms with E-state index in [1.54, 1.807) is 5.56 Å². The van der Waals surface area contributed by atoms with E-state index < -0.39 is 0 Å². The minimum absolute atomic E-state index is 0.377. The Kier molecular flexibility index (Phi) is 5.62. The second-order valence-corrected chi connectivity index (χ2v) is 11.0. The smallest absolute Gasteiger partial charge is 0.201 e. The highest BCUT2D eigenvalue weighted by molar-refractivity contribution is 5.62. The van der Waals surface area contributed by atoms with Crippen LogP contribution in [0.4, 0.5) is 0 Å². The molecule has 0 saturated heterocycles. The molecule has 1 aromatic carbocycles. The Labute approximate surface area is 178 Å². The number of nitrogens with zero attached hydrogens (tertiary/aromatic N) is 1. The molecule has 2 aliphatic carbocycles. The zero-order chi connectivity index (χ0) is 20.6. The molecule has 2 fully saturated rings. The SMILES string of the molecule is Cc1cc(C2(C)CCCCC2)ccc1-c1ccc(C2CCC(C)(C)CC2)c[n+]1C. The molecular weight excluding hydrogens is 350 g/mol. The summed E-state index contributed by atoms with van der Waals surface area (Å²) in [5, 5.41) is 0. The maximum absolute atomic E-state index is 2.47. The summed E-state index contributed by atoms with van der Waals surface area (Å²) in [7, 11) is 2.22. The van der Waals surface area contributed by atoms with Crippen LogP contribution in [0.2, 0.25) is 0 Å². The van der Waals surface area contributed by atoms with Gasteiger partial charge in [0.15, 0.2) is 6.20 Å². The van der Waals surface area contributed by atoms with Crippen molar-refractivity contribution in [3.8, 4) is 11.3 Å². The summed E-state index contributed by atoms with van der Waals surface area (Å²) in [4.78, 5) is 0. The van der Waals surface area contributed by atoms with Crippen molar-refractivity contribution in [3.05, 3.63) is 53.2 Å². The fourth-order valence-corrected chi connectivity index (χ4v) is 5.83. The molecule has 0 bridgehead atoms.